The lowest BCUT2D eigenvalue weighted by atomic mass is 9.96. The number of carbonyl (C=O) groups is 1. The number of thioether (sulfide) groups is 1. The second-order valence-corrected chi connectivity index (χ2v) is 6.40. The van der Waals surface area contributed by atoms with Gasteiger partial charge in [-0.2, -0.15) is 16.9 Å². The molecule has 5 nitrogen and oxygen atoms in total. The van der Waals surface area contributed by atoms with Crippen molar-refractivity contribution in [3.05, 3.63) is 18.0 Å². The number of carbonyl (C=O) groups excluding carboxylic acids is 1. The third kappa shape index (κ3) is 5.88. The van der Waals surface area contributed by atoms with Crippen molar-refractivity contribution in [2.24, 2.45) is 0 Å². The molecule has 1 saturated heterocycles. The molecule has 0 spiro atoms. The Labute approximate surface area is 137 Å². The number of hydrogen-bond acceptors (Lipinski definition) is 4. The monoisotopic (exact) mass is 332 g/mol. The molecule has 1 aromatic rings. The van der Waals surface area contributed by atoms with Crippen LogP contribution >= 0.6 is 24.2 Å². The first-order valence-electron chi connectivity index (χ1n) is 7.38. The minimum atomic E-state index is 0. The first-order valence-corrected chi connectivity index (χ1v) is 8.53. The van der Waals surface area contributed by atoms with E-state index in [1.54, 1.807) is 6.20 Å². The molecule has 2 rings (SSSR count). The largest absolute Gasteiger partial charge is 0.354 e. The molecule has 21 heavy (non-hydrogen) atoms. The lowest BCUT2D eigenvalue weighted by Crippen LogP contribution is -2.33. The summed E-state index contributed by atoms with van der Waals surface area (Å²) in [7, 11) is 0. The van der Waals surface area contributed by atoms with Crippen molar-refractivity contribution in [3.63, 3.8) is 0 Å². The average Bonchev–Trinajstić information content (AvgIpc) is 2.92. The standard InChI is InChI=1S/C14H24N4OS.ClH/c1-2-20-9-8-16-14(19)11-18-13(5-7-17-18)12-4-3-6-15-10-12;/h5,7,12,15H,2-4,6,8-11H2,1H3,(H,16,19);1H. The van der Waals surface area contributed by atoms with Gasteiger partial charge >= 0.3 is 0 Å². The minimum Gasteiger partial charge on any atom is -0.354 e. The van der Waals surface area contributed by atoms with Crippen molar-refractivity contribution in [1.29, 1.82) is 0 Å². The number of amides is 1. The molecule has 1 aliphatic rings. The van der Waals surface area contributed by atoms with Crippen LogP contribution in [-0.2, 0) is 11.3 Å². The third-order valence-electron chi connectivity index (χ3n) is 3.53. The second kappa shape index (κ2) is 10.1. The Morgan fingerprint density at radius 2 is 2.48 bits per heavy atom. The molecule has 1 fully saturated rings. The summed E-state index contributed by atoms with van der Waals surface area (Å²) in [6.45, 7) is 5.27. The zero-order valence-electron chi connectivity index (χ0n) is 12.5. The molecule has 2 heterocycles. The molecule has 0 saturated carbocycles. The fourth-order valence-corrected chi connectivity index (χ4v) is 3.06. The maximum atomic E-state index is 11.9. The van der Waals surface area contributed by atoms with E-state index in [0.717, 1.165) is 31.1 Å². The van der Waals surface area contributed by atoms with Crippen molar-refractivity contribution < 1.29 is 4.79 Å². The van der Waals surface area contributed by atoms with E-state index in [1.807, 2.05) is 22.5 Å². The van der Waals surface area contributed by atoms with Gasteiger partial charge in [0.2, 0.25) is 5.91 Å². The number of halogens is 1. The van der Waals surface area contributed by atoms with E-state index >= 15 is 0 Å². The SMILES string of the molecule is CCSCCNC(=O)Cn1nccc1C1CCCNC1.Cl. The summed E-state index contributed by atoms with van der Waals surface area (Å²) >= 11 is 1.84. The Morgan fingerprint density at radius 3 is 3.19 bits per heavy atom. The molecular formula is C14H25ClN4OS. The summed E-state index contributed by atoms with van der Waals surface area (Å²) in [6, 6.07) is 2.04. The Kier molecular flexibility index (Phi) is 8.80. The first-order chi connectivity index (χ1) is 9.81. The number of hydrogen-bond donors (Lipinski definition) is 2. The highest BCUT2D eigenvalue weighted by Crippen LogP contribution is 2.22. The van der Waals surface area contributed by atoms with E-state index in [4.69, 9.17) is 0 Å². The van der Waals surface area contributed by atoms with Gasteiger partial charge in [0.05, 0.1) is 0 Å². The maximum Gasteiger partial charge on any atom is 0.241 e. The van der Waals surface area contributed by atoms with E-state index in [-0.39, 0.29) is 18.3 Å². The van der Waals surface area contributed by atoms with Crippen LogP contribution in [0, 0.1) is 0 Å². The zero-order valence-corrected chi connectivity index (χ0v) is 14.1. The molecule has 1 aliphatic heterocycles. The van der Waals surface area contributed by atoms with Gasteiger partial charge in [-0.25, -0.2) is 0 Å². The van der Waals surface area contributed by atoms with Gasteiger partial charge in [-0.3, -0.25) is 9.48 Å². The van der Waals surface area contributed by atoms with Crippen molar-refractivity contribution >= 4 is 30.1 Å². The highest BCUT2D eigenvalue weighted by molar-refractivity contribution is 7.99. The molecule has 0 aromatic carbocycles. The highest BCUT2D eigenvalue weighted by atomic mass is 35.5. The van der Waals surface area contributed by atoms with Crippen LogP contribution in [0.5, 0.6) is 0 Å². The number of piperidine rings is 1. The summed E-state index contributed by atoms with van der Waals surface area (Å²) in [6.07, 6.45) is 4.16. The van der Waals surface area contributed by atoms with E-state index in [9.17, 15) is 4.79 Å². The van der Waals surface area contributed by atoms with Crippen LogP contribution in [0.2, 0.25) is 0 Å². The van der Waals surface area contributed by atoms with E-state index in [2.05, 4.69) is 22.7 Å². The average molecular weight is 333 g/mol. The molecule has 1 aromatic heterocycles. The van der Waals surface area contributed by atoms with Crippen molar-refractivity contribution in [1.82, 2.24) is 20.4 Å². The summed E-state index contributed by atoms with van der Waals surface area (Å²) in [5.74, 6) is 2.60. The number of rotatable bonds is 7. The van der Waals surface area contributed by atoms with Gasteiger partial charge < -0.3 is 10.6 Å². The first kappa shape index (κ1) is 18.3. The van der Waals surface area contributed by atoms with E-state index < -0.39 is 0 Å². The van der Waals surface area contributed by atoms with Gasteiger partial charge in [0.15, 0.2) is 0 Å². The van der Waals surface area contributed by atoms with E-state index in [1.165, 1.54) is 18.5 Å². The number of nitrogens with one attached hydrogen (secondary N) is 2. The van der Waals surface area contributed by atoms with Gasteiger partial charge in [-0.05, 0) is 31.2 Å². The Hall–Kier alpha value is -0.720. The molecule has 1 atom stereocenters. The fourth-order valence-electron chi connectivity index (χ4n) is 2.52. The molecule has 0 radical (unpaired) electrons. The highest BCUT2D eigenvalue weighted by Gasteiger charge is 2.19. The van der Waals surface area contributed by atoms with Gasteiger partial charge in [-0.1, -0.05) is 6.92 Å². The normalized spacial score (nSPS) is 18.0. The predicted octanol–water partition coefficient (Wildman–Crippen LogP) is 1.64. The molecule has 120 valence electrons. The summed E-state index contributed by atoms with van der Waals surface area (Å²) in [5.41, 5.74) is 1.18. The zero-order chi connectivity index (χ0) is 14.2. The van der Waals surface area contributed by atoms with Gasteiger partial charge in [0, 0.05) is 36.7 Å². The lowest BCUT2D eigenvalue weighted by Gasteiger charge is -2.23. The lowest BCUT2D eigenvalue weighted by molar-refractivity contribution is -0.121. The summed E-state index contributed by atoms with van der Waals surface area (Å²) in [5, 5.41) is 10.7. The molecule has 1 amide bonds. The third-order valence-corrected chi connectivity index (χ3v) is 4.43. The second-order valence-electron chi connectivity index (χ2n) is 5.00. The van der Waals surface area contributed by atoms with Gasteiger partial charge in [-0.15, -0.1) is 12.4 Å². The maximum absolute atomic E-state index is 11.9. The Bertz CT molecular complexity index is 421. The Balaban J connectivity index is 0.00000220. The molecule has 2 N–H and O–H groups in total. The minimum absolute atomic E-state index is 0. The molecule has 0 aliphatic carbocycles. The smallest absolute Gasteiger partial charge is 0.241 e. The van der Waals surface area contributed by atoms with Gasteiger partial charge in [0.25, 0.3) is 0 Å². The van der Waals surface area contributed by atoms with E-state index in [0.29, 0.717) is 12.5 Å². The van der Waals surface area contributed by atoms with Crippen molar-refractivity contribution in [2.45, 2.75) is 32.2 Å². The van der Waals surface area contributed by atoms with Crippen molar-refractivity contribution in [3.8, 4) is 0 Å². The van der Waals surface area contributed by atoms with Gasteiger partial charge in [0.1, 0.15) is 6.54 Å². The summed E-state index contributed by atoms with van der Waals surface area (Å²) in [4.78, 5) is 11.9. The van der Waals surface area contributed by atoms with Crippen molar-refractivity contribution in [2.75, 3.05) is 31.1 Å². The topological polar surface area (TPSA) is 59.0 Å². The van der Waals surface area contributed by atoms with Crippen LogP contribution < -0.4 is 10.6 Å². The summed E-state index contributed by atoms with van der Waals surface area (Å²) < 4.78 is 1.85. The van der Waals surface area contributed by atoms with Crippen LogP contribution in [0.4, 0.5) is 0 Å². The predicted molar refractivity (Wildman–Crippen MR) is 90.3 cm³/mol. The van der Waals surface area contributed by atoms with Crippen LogP contribution in [0.1, 0.15) is 31.4 Å². The Morgan fingerprint density at radius 1 is 1.62 bits per heavy atom. The molecule has 0 bridgehead atoms. The number of aromatic nitrogens is 2. The molecule has 7 heteroatoms. The fraction of sp³-hybridized carbons (Fsp3) is 0.714. The van der Waals surface area contributed by atoms with Crippen LogP contribution in [0.3, 0.4) is 0 Å². The number of nitrogens with zero attached hydrogens (tertiary/aromatic N) is 2. The quantitative estimate of drug-likeness (QED) is 0.745. The van der Waals surface area contributed by atoms with Crippen LogP contribution in [0.25, 0.3) is 0 Å². The molecule has 1 unspecified atom stereocenters. The molecular weight excluding hydrogens is 308 g/mol. The van der Waals surface area contributed by atoms with Crippen LogP contribution in [0.15, 0.2) is 12.3 Å². The van der Waals surface area contributed by atoms with Crippen LogP contribution in [-0.4, -0.2) is 46.8 Å².